The summed E-state index contributed by atoms with van der Waals surface area (Å²) in [6, 6.07) is 0. The Morgan fingerprint density at radius 1 is 1.36 bits per heavy atom. The second-order valence-electron chi connectivity index (χ2n) is 3.95. The van der Waals surface area contributed by atoms with Crippen LogP contribution < -0.4 is 0 Å². The molecule has 0 radical (unpaired) electrons. The zero-order valence-corrected chi connectivity index (χ0v) is 9.48. The van der Waals surface area contributed by atoms with Gasteiger partial charge in [-0.25, -0.2) is 4.98 Å². The summed E-state index contributed by atoms with van der Waals surface area (Å²) in [7, 11) is 0. The number of imidazole rings is 1. The summed E-state index contributed by atoms with van der Waals surface area (Å²) in [5.41, 5.74) is 2.81. The molecule has 1 aliphatic rings. The number of halogens is 1. The Morgan fingerprint density at radius 2 is 2.14 bits per heavy atom. The molecule has 0 saturated heterocycles. The van der Waals surface area contributed by atoms with Gasteiger partial charge in [-0.3, -0.25) is 0 Å². The van der Waals surface area contributed by atoms with E-state index in [1.54, 1.807) is 0 Å². The molecule has 0 unspecified atom stereocenters. The minimum absolute atomic E-state index is 0.742. The fraction of sp³-hybridized carbons (Fsp3) is 0.727. The van der Waals surface area contributed by atoms with Crippen molar-refractivity contribution < 1.29 is 0 Å². The number of hydrogen-bond acceptors (Lipinski definition) is 1. The Kier molecular flexibility index (Phi) is 3.12. The van der Waals surface area contributed by atoms with E-state index in [2.05, 4.69) is 16.5 Å². The van der Waals surface area contributed by atoms with Crippen LogP contribution in [0.1, 0.15) is 36.5 Å². The van der Waals surface area contributed by atoms with Crippen LogP contribution in [0.25, 0.3) is 0 Å². The maximum absolute atomic E-state index is 5.72. The summed E-state index contributed by atoms with van der Waals surface area (Å²) in [6.45, 7) is 3.14. The van der Waals surface area contributed by atoms with Crippen LogP contribution >= 0.6 is 11.6 Å². The Bertz CT molecular complexity index is 317. The minimum Gasteiger partial charge on any atom is -0.332 e. The van der Waals surface area contributed by atoms with Crippen molar-refractivity contribution in [2.24, 2.45) is 0 Å². The molecule has 0 saturated carbocycles. The molecule has 0 bridgehead atoms. The van der Waals surface area contributed by atoms with Gasteiger partial charge in [-0.1, -0.05) is 0 Å². The van der Waals surface area contributed by atoms with Gasteiger partial charge < -0.3 is 4.57 Å². The van der Waals surface area contributed by atoms with Crippen LogP contribution in [0, 0.1) is 6.92 Å². The number of alkyl halides is 1. The van der Waals surface area contributed by atoms with Gasteiger partial charge in [-0.2, -0.15) is 0 Å². The fourth-order valence-corrected chi connectivity index (χ4v) is 2.37. The summed E-state index contributed by atoms with van der Waals surface area (Å²) >= 11 is 5.72. The topological polar surface area (TPSA) is 17.8 Å². The van der Waals surface area contributed by atoms with Crippen molar-refractivity contribution in [1.29, 1.82) is 0 Å². The molecule has 0 aromatic carbocycles. The van der Waals surface area contributed by atoms with Crippen molar-refractivity contribution in [2.45, 2.75) is 45.6 Å². The summed E-state index contributed by atoms with van der Waals surface area (Å²) < 4.78 is 2.36. The van der Waals surface area contributed by atoms with E-state index in [0.717, 1.165) is 18.8 Å². The molecule has 2 rings (SSSR count). The molecule has 78 valence electrons. The lowest BCUT2D eigenvalue weighted by Crippen LogP contribution is -2.09. The molecule has 0 N–H and O–H groups in total. The highest BCUT2D eigenvalue weighted by atomic mass is 35.5. The minimum atomic E-state index is 0.742. The number of aryl methyl sites for hydroxylation is 2. The molecule has 0 spiro atoms. The smallest absolute Gasteiger partial charge is 0.106 e. The number of hydrogen-bond donors (Lipinski definition) is 0. The van der Waals surface area contributed by atoms with Gasteiger partial charge in [-0.05, 0) is 39.0 Å². The molecule has 0 amide bonds. The number of rotatable bonds is 3. The standard InChI is InChI=1S/C11H17ClN2/c1-9-13-10-5-2-3-6-11(10)14(9)8-4-7-12/h2-8H2,1H3. The van der Waals surface area contributed by atoms with Crippen molar-refractivity contribution in [3.63, 3.8) is 0 Å². The summed E-state index contributed by atoms with van der Waals surface area (Å²) in [6.07, 6.45) is 6.05. The third-order valence-corrected chi connectivity index (χ3v) is 3.21. The molecule has 14 heavy (non-hydrogen) atoms. The maximum Gasteiger partial charge on any atom is 0.106 e. The first-order valence-electron chi connectivity index (χ1n) is 5.44. The average molecular weight is 213 g/mol. The van der Waals surface area contributed by atoms with Gasteiger partial charge in [-0.15, -0.1) is 11.6 Å². The van der Waals surface area contributed by atoms with Gasteiger partial charge in [0.25, 0.3) is 0 Å². The molecule has 0 aliphatic heterocycles. The van der Waals surface area contributed by atoms with E-state index in [4.69, 9.17) is 11.6 Å². The molecule has 1 aromatic rings. The predicted molar refractivity (Wildman–Crippen MR) is 58.9 cm³/mol. The normalized spacial score (nSPS) is 15.6. The van der Waals surface area contributed by atoms with Crippen LogP contribution in [-0.2, 0) is 19.4 Å². The number of aromatic nitrogens is 2. The van der Waals surface area contributed by atoms with Crippen LogP contribution in [0.4, 0.5) is 0 Å². The predicted octanol–water partition coefficient (Wildman–Crippen LogP) is 2.70. The Balaban J connectivity index is 2.24. The average Bonchev–Trinajstić information content (AvgIpc) is 2.51. The van der Waals surface area contributed by atoms with E-state index < -0.39 is 0 Å². The number of nitrogens with zero attached hydrogens (tertiary/aromatic N) is 2. The number of fused-ring (bicyclic) bond motifs is 1. The van der Waals surface area contributed by atoms with Crippen LogP contribution in [0.15, 0.2) is 0 Å². The van der Waals surface area contributed by atoms with Crippen LogP contribution in [0.5, 0.6) is 0 Å². The lowest BCUT2D eigenvalue weighted by atomic mass is 10.0. The first-order chi connectivity index (χ1) is 6.83. The Labute approximate surface area is 90.3 Å². The second-order valence-corrected chi connectivity index (χ2v) is 4.33. The highest BCUT2D eigenvalue weighted by molar-refractivity contribution is 6.17. The van der Waals surface area contributed by atoms with E-state index in [1.807, 2.05) is 0 Å². The van der Waals surface area contributed by atoms with E-state index in [-0.39, 0.29) is 0 Å². The first-order valence-corrected chi connectivity index (χ1v) is 5.97. The molecular weight excluding hydrogens is 196 g/mol. The van der Waals surface area contributed by atoms with E-state index in [0.29, 0.717) is 0 Å². The van der Waals surface area contributed by atoms with Gasteiger partial charge in [0, 0.05) is 18.1 Å². The molecular formula is C11H17ClN2. The second kappa shape index (κ2) is 4.35. The molecule has 1 aliphatic carbocycles. The van der Waals surface area contributed by atoms with E-state index in [9.17, 15) is 0 Å². The lowest BCUT2D eigenvalue weighted by molar-refractivity contribution is 0.589. The highest BCUT2D eigenvalue weighted by Gasteiger charge is 2.17. The Morgan fingerprint density at radius 3 is 2.93 bits per heavy atom. The monoisotopic (exact) mass is 212 g/mol. The third kappa shape index (κ3) is 1.81. The fourth-order valence-electron chi connectivity index (χ4n) is 2.25. The summed E-state index contributed by atoms with van der Waals surface area (Å²) in [5.74, 6) is 1.91. The third-order valence-electron chi connectivity index (χ3n) is 2.94. The van der Waals surface area contributed by atoms with E-state index >= 15 is 0 Å². The zero-order chi connectivity index (χ0) is 9.97. The SMILES string of the molecule is Cc1nc2c(n1CCCCl)CCCC2. The van der Waals surface area contributed by atoms with Gasteiger partial charge in [0.1, 0.15) is 5.82 Å². The van der Waals surface area contributed by atoms with Gasteiger partial charge in [0.15, 0.2) is 0 Å². The molecule has 1 aromatic heterocycles. The van der Waals surface area contributed by atoms with Gasteiger partial charge >= 0.3 is 0 Å². The van der Waals surface area contributed by atoms with E-state index in [1.165, 1.54) is 42.9 Å². The lowest BCUT2D eigenvalue weighted by Gasteiger charge is -2.14. The largest absolute Gasteiger partial charge is 0.332 e. The van der Waals surface area contributed by atoms with Crippen molar-refractivity contribution in [3.8, 4) is 0 Å². The zero-order valence-electron chi connectivity index (χ0n) is 8.72. The van der Waals surface area contributed by atoms with Crippen LogP contribution in [-0.4, -0.2) is 15.4 Å². The summed E-state index contributed by atoms with van der Waals surface area (Å²) in [5, 5.41) is 0. The molecule has 0 fully saturated rings. The van der Waals surface area contributed by atoms with Gasteiger partial charge in [0.05, 0.1) is 5.69 Å². The molecule has 2 nitrogen and oxygen atoms in total. The van der Waals surface area contributed by atoms with Crippen molar-refractivity contribution >= 4 is 11.6 Å². The first kappa shape index (κ1) is 10.0. The van der Waals surface area contributed by atoms with Crippen LogP contribution in [0.2, 0.25) is 0 Å². The van der Waals surface area contributed by atoms with Crippen molar-refractivity contribution in [1.82, 2.24) is 9.55 Å². The quantitative estimate of drug-likeness (QED) is 0.705. The molecule has 1 heterocycles. The van der Waals surface area contributed by atoms with Crippen molar-refractivity contribution in [3.05, 3.63) is 17.2 Å². The Hall–Kier alpha value is -0.500. The molecule has 3 heteroatoms. The van der Waals surface area contributed by atoms with Crippen LogP contribution in [0.3, 0.4) is 0 Å². The van der Waals surface area contributed by atoms with Gasteiger partial charge in [0.2, 0.25) is 0 Å². The molecule has 0 atom stereocenters. The highest BCUT2D eigenvalue weighted by Crippen LogP contribution is 2.22. The van der Waals surface area contributed by atoms with Crippen molar-refractivity contribution in [2.75, 3.05) is 5.88 Å². The summed E-state index contributed by atoms with van der Waals surface area (Å²) in [4.78, 5) is 4.62. The maximum atomic E-state index is 5.72.